The van der Waals surface area contributed by atoms with Crippen molar-refractivity contribution in [3.05, 3.63) is 110 Å². The Balaban J connectivity index is 0.000000180. The molecule has 3 heterocycles. The van der Waals surface area contributed by atoms with Crippen LogP contribution in [0.25, 0.3) is 11.1 Å². The van der Waals surface area contributed by atoms with Crippen LogP contribution >= 0.6 is 39.1 Å². The number of nitrogens with zero attached hydrogens (tertiary/aromatic N) is 4. The van der Waals surface area contributed by atoms with Crippen LogP contribution in [0.1, 0.15) is 75.6 Å². The van der Waals surface area contributed by atoms with Gasteiger partial charge in [0.05, 0.1) is 43.8 Å². The molecule has 266 valence electrons. The predicted molar refractivity (Wildman–Crippen MR) is 198 cm³/mol. The molecule has 0 spiro atoms. The van der Waals surface area contributed by atoms with Crippen molar-refractivity contribution in [3.8, 4) is 23.3 Å². The average molecular weight is 842 g/mol. The zero-order valence-corrected chi connectivity index (χ0v) is 36.0. The van der Waals surface area contributed by atoms with Crippen molar-refractivity contribution in [3.63, 3.8) is 0 Å². The van der Waals surface area contributed by atoms with Crippen molar-refractivity contribution in [2.24, 2.45) is 0 Å². The molecule has 0 unspecified atom stereocenters. The van der Waals surface area contributed by atoms with E-state index in [0.717, 1.165) is 26.6 Å². The third-order valence-electron chi connectivity index (χ3n) is 9.91. The molecule has 2 aliphatic carbocycles. The van der Waals surface area contributed by atoms with Gasteiger partial charge in [0, 0.05) is 40.2 Å². The number of pyridine rings is 2. The minimum absolute atomic E-state index is 0. The number of halogens is 3. The van der Waals surface area contributed by atoms with Gasteiger partial charge in [-0.2, -0.15) is 10.5 Å². The van der Waals surface area contributed by atoms with Gasteiger partial charge in [0.25, 0.3) is 0 Å². The van der Waals surface area contributed by atoms with Crippen LogP contribution in [0.2, 0.25) is 10.0 Å². The minimum atomic E-state index is -0.993. The molecule has 4 aromatic rings. The van der Waals surface area contributed by atoms with E-state index < -0.39 is 29.9 Å². The summed E-state index contributed by atoms with van der Waals surface area (Å²) in [5, 5.41) is 38.7. The van der Waals surface area contributed by atoms with Gasteiger partial charge >= 0.3 is 64.5 Å². The van der Waals surface area contributed by atoms with Crippen LogP contribution in [-0.2, 0) is 29.7 Å². The quantitative estimate of drug-likeness (QED) is 0.284. The molecule has 7 rings (SSSR count). The third kappa shape index (κ3) is 9.42. The Bertz CT molecular complexity index is 2120. The van der Waals surface area contributed by atoms with Gasteiger partial charge in [-0.15, -0.1) is 0 Å². The largest absolute Gasteiger partial charge is 1.00 e. The number of aromatic nitrogens is 2. The molecule has 0 atom stereocenters. The van der Waals surface area contributed by atoms with E-state index in [1.807, 2.05) is 52.0 Å². The van der Waals surface area contributed by atoms with Gasteiger partial charge in [0.15, 0.2) is 0 Å². The first-order valence-electron chi connectivity index (χ1n) is 16.3. The Kier molecular flexibility index (Phi) is 13.8. The fraction of sp³-hybridized carbons (Fsp3) is 0.316. The Morgan fingerprint density at radius 3 is 1.75 bits per heavy atom. The summed E-state index contributed by atoms with van der Waals surface area (Å²) >= 11 is 15.3. The van der Waals surface area contributed by atoms with Crippen LogP contribution < -0.4 is 62.0 Å². The average Bonchev–Trinajstić information content (AvgIpc) is 4.03. The zero-order valence-electron chi connectivity index (χ0n) is 29.7. The number of hydrogen-bond donors (Lipinski definition) is 1. The van der Waals surface area contributed by atoms with Crippen molar-refractivity contribution in [1.82, 2.24) is 9.97 Å². The number of carboxylic acid groups (broad SMARTS) is 2. The Morgan fingerprint density at radius 1 is 0.792 bits per heavy atom. The first-order valence-corrected chi connectivity index (χ1v) is 17.8. The normalized spacial score (nSPS) is 17.6. The molecular weight excluding hydrogens is 809 g/mol. The summed E-state index contributed by atoms with van der Waals surface area (Å²) in [5.74, 6) is -1.80. The monoisotopic (exact) mass is 840 g/mol. The Morgan fingerprint density at radius 2 is 1.30 bits per heavy atom. The van der Waals surface area contributed by atoms with E-state index in [1.165, 1.54) is 0 Å². The molecule has 3 fully saturated rings. The SMILES string of the molecule is CC1(C)OB(c2ccc(C#N)c(Cl)c2)OC1(C)C.N#Cc1ccc(-c2cncc(C3(C(=O)O)CC3)c2)cc1Cl.O=C([O-])C1(c2cncc(Br)c2)CC1.[K+]. The summed E-state index contributed by atoms with van der Waals surface area (Å²) in [5.41, 5.74) is 2.48. The number of carbonyl (C=O) groups excluding carboxylic acids is 1. The van der Waals surface area contributed by atoms with Gasteiger partial charge in [0.2, 0.25) is 0 Å². The van der Waals surface area contributed by atoms with Gasteiger partial charge in [-0.05, 0) is 128 Å². The molecular formula is C38H33BBrCl2KN4O6. The Hall–Kier alpha value is -2.66. The predicted octanol–water partition coefficient (Wildman–Crippen LogP) is 3.53. The minimum Gasteiger partial charge on any atom is -0.549 e. The van der Waals surface area contributed by atoms with Crippen molar-refractivity contribution < 1.29 is 80.5 Å². The van der Waals surface area contributed by atoms with Crippen LogP contribution in [0.4, 0.5) is 0 Å². The molecule has 0 radical (unpaired) electrons. The number of nitriles is 2. The third-order valence-corrected chi connectivity index (χ3v) is 11.0. The number of rotatable bonds is 6. The van der Waals surface area contributed by atoms with Crippen molar-refractivity contribution in [1.29, 1.82) is 10.5 Å². The molecule has 15 heteroatoms. The number of hydrogen-bond acceptors (Lipinski definition) is 9. The van der Waals surface area contributed by atoms with E-state index >= 15 is 0 Å². The fourth-order valence-corrected chi connectivity index (χ4v) is 6.37. The molecule has 3 aliphatic rings. The maximum absolute atomic E-state index is 11.4. The first kappa shape index (κ1) is 43.1. The van der Waals surface area contributed by atoms with E-state index in [-0.39, 0.29) is 62.6 Å². The van der Waals surface area contributed by atoms with Gasteiger partial charge < -0.3 is 24.3 Å². The molecule has 2 aromatic carbocycles. The summed E-state index contributed by atoms with van der Waals surface area (Å²) in [6.45, 7) is 7.99. The molecule has 0 amide bonds. The summed E-state index contributed by atoms with van der Waals surface area (Å²) in [4.78, 5) is 30.3. The van der Waals surface area contributed by atoms with E-state index in [2.05, 4.69) is 25.9 Å². The molecule has 1 saturated heterocycles. The summed E-state index contributed by atoms with van der Waals surface area (Å²) < 4.78 is 12.6. The van der Waals surface area contributed by atoms with Gasteiger partial charge in [-0.3, -0.25) is 14.8 Å². The summed E-state index contributed by atoms with van der Waals surface area (Å²) in [7, 11) is -0.444. The van der Waals surface area contributed by atoms with Crippen LogP contribution in [0.3, 0.4) is 0 Å². The number of benzene rings is 2. The van der Waals surface area contributed by atoms with Crippen molar-refractivity contribution in [2.45, 2.75) is 75.4 Å². The van der Waals surface area contributed by atoms with Gasteiger partial charge in [-0.1, -0.05) is 35.3 Å². The van der Waals surface area contributed by atoms with E-state index in [0.29, 0.717) is 52.4 Å². The number of carbonyl (C=O) groups is 2. The maximum atomic E-state index is 11.4. The molecule has 1 aliphatic heterocycles. The molecule has 2 saturated carbocycles. The van der Waals surface area contributed by atoms with Crippen LogP contribution in [0, 0.1) is 22.7 Å². The molecule has 10 nitrogen and oxygen atoms in total. The second-order valence-corrected chi connectivity index (χ2v) is 15.6. The van der Waals surface area contributed by atoms with Crippen LogP contribution in [-0.4, -0.2) is 45.3 Å². The van der Waals surface area contributed by atoms with Crippen LogP contribution in [0.5, 0.6) is 0 Å². The summed E-state index contributed by atoms with van der Waals surface area (Å²) in [6.07, 6.45) is 9.10. The number of aliphatic carboxylic acids is 2. The van der Waals surface area contributed by atoms with Crippen LogP contribution in [0.15, 0.2) is 77.8 Å². The second-order valence-electron chi connectivity index (χ2n) is 13.9. The van der Waals surface area contributed by atoms with Crippen molar-refractivity contribution in [2.75, 3.05) is 0 Å². The standard InChI is InChI=1S/C16H11ClN2O2.C13H15BClNO2.C9H8BrNO2.K/c17-14-6-10(1-2-11(14)7-18)12-5-13(9-19-8-12)16(3-4-16)15(20)21;1-12(2)13(3,4)18-14(17-12)10-6-5-9(8-16)11(15)7-10;10-7-3-6(4-11-5-7)9(1-2-9)8(12)13;/h1-2,5-6,8-9H,3-4H2,(H,20,21);5-7H,1-4H3;3-5H,1-2H2,(H,12,13);/q;;;+1/p-1. The molecule has 1 N–H and O–H groups in total. The second kappa shape index (κ2) is 17.0. The summed E-state index contributed by atoms with van der Waals surface area (Å²) in [6, 6.07) is 18.0. The van der Waals surface area contributed by atoms with Gasteiger partial charge in [0.1, 0.15) is 12.1 Å². The van der Waals surface area contributed by atoms with E-state index in [9.17, 15) is 19.8 Å². The molecule has 0 bridgehead atoms. The molecule has 53 heavy (non-hydrogen) atoms. The fourth-order valence-electron chi connectivity index (χ4n) is 5.55. The zero-order chi connectivity index (χ0) is 38.1. The van der Waals surface area contributed by atoms with Gasteiger partial charge in [-0.25, -0.2) is 0 Å². The number of carboxylic acids is 2. The van der Waals surface area contributed by atoms with Crippen molar-refractivity contribution >= 4 is 63.7 Å². The smallest absolute Gasteiger partial charge is 0.549 e. The first-order chi connectivity index (χ1) is 24.5. The van der Waals surface area contributed by atoms with E-state index in [4.69, 9.17) is 43.0 Å². The topological polar surface area (TPSA) is 169 Å². The Labute approximate surface area is 369 Å². The van der Waals surface area contributed by atoms with E-state index in [1.54, 1.807) is 61.2 Å². The maximum Gasteiger partial charge on any atom is 1.00 e. The molecule has 2 aromatic heterocycles.